The summed E-state index contributed by atoms with van der Waals surface area (Å²) in [6, 6.07) is 0. The van der Waals surface area contributed by atoms with E-state index >= 15 is 0 Å². The van der Waals surface area contributed by atoms with E-state index in [-0.39, 0.29) is 6.10 Å². The van der Waals surface area contributed by atoms with E-state index in [2.05, 4.69) is 26.8 Å². The molecule has 1 nitrogen and oxygen atoms in total. The molecule has 0 spiro atoms. The molecule has 80 valence electrons. The van der Waals surface area contributed by atoms with Gasteiger partial charge in [-0.1, -0.05) is 22.8 Å². The first-order chi connectivity index (χ1) is 6.50. The van der Waals surface area contributed by atoms with Crippen LogP contribution < -0.4 is 0 Å². The van der Waals surface area contributed by atoms with Crippen molar-refractivity contribution in [2.75, 3.05) is 0 Å². The van der Waals surface area contributed by atoms with Gasteiger partial charge >= 0.3 is 0 Å². The molecule has 1 aliphatic rings. The maximum Gasteiger partial charge on any atom is 0.0517 e. The first-order valence-electron chi connectivity index (χ1n) is 5.50. The second kappa shape index (κ2) is 4.79. The molecule has 1 heteroatoms. The molecule has 0 saturated carbocycles. The van der Waals surface area contributed by atoms with E-state index in [1.54, 1.807) is 0 Å². The van der Waals surface area contributed by atoms with Crippen LogP contribution in [0.3, 0.4) is 0 Å². The highest BCUT2D eigenvalue weighted by Crippen LogP contribution is 2.34. The molecule has 1 N–H and O–H groups in total. The molecule has 2 atom stereocenters. The third kappa shape index (κ3) is 2.98. The van der Waals surface area contributed by atoms with Gasteiger partial charge in [0.2, 0.25) is 0 Å². The van der Waals surface area contributed by atoms with Gasteiger partial charge in [-0.3, -0.25) is 0 Å². The standard InChI is InChI=1S/C13H22O/c1-9(2)13-6-5-10(3)7-12(13)8-11(4)14/h5,11-12,14H,6-8H2,1-4H3. The monoisotopic (exact) mass is 194 g/mol. The van der Waals surface area contributed by atoms with Crippen molar-refractivity contribution in [1.82, 2.24) is 0 Å². The Morgan fingerprint density at radius 2 is 2.21 bits per heavy atom. The zero-order chi connectivity index (χ0) is 10.7. The van der Waals surface area contributed by atoms with E-state index in [9.17, 15) is 5.11 Å². The highest BCUT2D eigenvalue weighted by atomic mass is 16.3. The zero-order valence-electron chi connectivity index (χ0n) is 9.80. The number of allylic oxidation sites excluding steroid dienone is 4. The molecular weight excluding hydrogens is 172 g/mol. The summed E-state index contributed by atoms with van der Waals surface area (Å²) in [7, 11) is 0. The second-order valence-corrected chi connectivity index (χ2v) is 4.77. The summed E-state index contributed by atoms with van der Waals surface area (Å²) < 4.78 is 0. The van der Waals surface area contributed by atoms with E-state index in [1.807, 2.05) is 6.92 Å². The van der Waals surface area contributed by atoms with Crippen molar-refractivity contribution in [3.05, 3.63) is 22.8 Å². The fourth-order valence-electron chi connectivity index (χ4n) is 2.30. The third-order valence-electron chi connectivity index (χ3n) is 3.00. The Bertz CT molecular complexity index is 254. The van der Waals surface area contributed by atoms with Gasteiger partial charge in [-0.2, -0.15) is 0 Å². The van der Waals surface area contributed by atoms with E-state index in [1.165, 1.54) is 16.7 Å². The largest absolute Gasteiger partial charge is 0.393 e. The predicted molar refractivity (Wildman–Crippen MR) is 61.2 cm³/mol. The number of aliphatic hydroxyl groups excluding tert-OH is 1. The molecule has 0 radical (unpaired) electrons. The topological polar surface area (TPSA) is 20.2 Å². The fourth-order valence-corrected chi connectivity index (χ4v) is 2.30. The lowest BCUT2D eigenvalue weighted by atomic mass is 9.80. The molecule has 0 aromatic heterocycles. The maximum absolute atomic E-state index is 9.45. The first-order valence-corrected chi connectivity index (χ1v) is 5.50. The van der Waals surface area contributed by atoms with Crippen LogP contribution in [-0.4, -0.2) is 11.2 Å². The molecule has 1 aliphatic carbocycles. The lowest BCUT2D eigenvalue weighted by Gasteiger charge is -2.27. The van der Waals surface area contributed by atoms with E-state index in [0.717, 1.165) is 19.3 Å². The fraction of sp³-hybridized carbons (Fsp3) is 0.692. The van der Waals surface area contributed by atoms with Crippen molar-refractivity contribution in [2.45, 2.75) is 53.1 Å². The van der Waals surface area contributed by atoms with Gasteiger partial charge in [-0.15, -0.1) is 0 Å². The molecule has 0 aliphatic heterocycles. The molecule has 2 unspecified atom stereocenters. The zero-order valence-corrected chi connectivity index (χ0v) is 9.80. The average molecular weight is 194 g/mol. The van der Waals surface area contributed by atoms with Crippen LogP contribution in [0.2, 0.25) is 0 Å². The summed E-state index contributed by atoms with van der Waals surface area (Å²) in [6.45, 7) is 8.44. The molecule has 0 aromatic rings. The highest BCUT2D eigenvalue weighted by molar-refractivity contribution is 5.24. The summed E-state index contributed by atoms with van der Waals surface area (Å²) in [5.41, 5.74) is 4.44. The van der Waals surface area contributed by atoms with E-state index in [4.69, 9.17) is 0 Å². The van der Waals surface area contributed by atoms with Crippen molar-refractivity contribution in [3.8, 4) is 0 Å². The van der Waals surface area contributed by atoms with Crippen molar-refractivity contribution in [1.29, 1.82) is 0 Å². The van der Waals surface area contributed by atoms with Crippen LogP contribution in [0.25, 0.3) is 0 Å². The molecule has 14 heavy (non-hydrogen) atoms. The molecule has 1 rings (SSSR count). The van der Waals surface area contributed by atoms with Crippen LogP contribution >= 0.6 is 0 Å². The third-order valence-corrected chi connectivity index (χ3v) is 3.00. The van der Waals surface area contributed by atoms with Crippen molar-refractivity contribution in [2.24, 2.45) is 5.92 Å². The molecule has 0 saturated heterocycles. The predicted octanol–water partition coefficient (Wildman–Crippen LogP) is 3.45. The Morgan fingerprint density at radius 3 is 2.71 bits per heavy atom. The minimum Gasteiger partial charge on any atom is -0.393 e. The van der Waals surface area contributed by atoms with Gasteiger partial charge in [0.05, 0.1) is 6.10 Å². The van der Waals surface area contributed by atoms with E-state index in [0.29, 0.717) is 5.92 Å². The van der Waals surface area contributed by atoms with Crippen LogP contribution in [0, 0.1) is 5.92 Å². The smallest absolute Gasteiger partial charge is 0.0517 e. The molecule has 0 heterocycles. The summed E-state index contributed by atoms with van der Waals surface area (Å²) >= 11 is 0. The Kier molecular flexibility index (Phi) is 3.94. The van der Waals surface area contributed by atoms with Gasteiger partial charge in [0.1, 0.15) is 0 Å². The van der Waals surface area contributed by atoms with E-state index < -0.39 is 0 Å². The molecule has 0 bridgehead atoms. The molecule has 0 fully saturated rings. The van der Waals surface area contributed by atoms with Crippen LogP contribution in [0.4, 0.5) is 0 Å². The summed E-state index contributed by atoms with van der Waals surface area (Å²) in [5.74, 6) is 0.574. The number of aliphatic hydroxyl groups is 1. The van der Waals surface area contributed by atoms with Gasteiger partial charge in [0, 0.05) is 0 Å². The Labute approximate surface area is 87.5 Å². The SMILES string of the molecule is CC1=CCC(=C(C)C)C(CC(C)O)C1. The number of rotatable bonds is 2. The number of hydrogen-bond acceptors (Lipinski definition) is 1. The van der Waals surface area contributed by atoms with Crippen molar-refractivity contribution >= 4 is 0 Å². The van der Waals surface area contributed by atoms with Crippen LogP contribution in [0.5, 0.6) is 0 Å². The highest BCUT2D eigenvalue weighted by Gasteiger charge is 2.20. The average Bonchev–Trinajstić information content (AvgIpc) is 2.01. The Balaban J connectivity index is 2.79. The van der Waals surface area contributed by atoms with Crippen molar-refractivity contribution < 1.29 is 5.11 Å². The lowest BCUT2D eigenvalue weighted by molar-refractivity contribution is 0.166. The van der Waals surface area contributed by atoms with Gasteiger partial charge in [0.15, 0.2) is 0 Å². The molecular formula is C13H22O. The quantitative estimate of drug-likeness (QED) is 0.667. The van der Waals surface area contributed by atoms with Crippen molar-refractivity contribution in [3.63, 3.8) is 0 Å². The van der Waals surface area contributed by atoms with Crippen LogP contribution in [-0.2, 0) is 0 Å². The lowest BCUT2D eigenvalue weighted by Crippen LogP contribution is -2.16. The minimum atomic E-state index is -0.180. The first kappa shape index (κ1) is 11.5. The number of hydrogen-bond donors (Lipinski definition) is 1. The normalized spacial score (nSPS) is 24.5. The van der Waals surface area contributed by atoms with Gasteiger partial charge in [-0.05, 0) is 52.9 Å². The van der Waals surface area contributed by atoms with Gasteiger partial charge < -0.3 is 5.11 Å². The summed E-state index contributed by atoms with van der Waals surface area (Å²) in [4.78, 5) is 0. The molecule has 0 aromatic carbocycles. The van der Waals surface area contributed by atoms with Gasteiger partial charge in [0.25, 0.3) is 0 Å². The van der Waals surface area contributed by atoms with Gasteiger partial charge in [-0.25, -0.2) is 0 Å². The Morgan fingerprint density at radius 1 is 1.57 bits per heavy atom. The Hall–Kier alpha value is -0.560. The second-order valence-electron chi connectivity index (χ2n) is 4.77. The summed E-state index contributed by atoms with van der Waals surface area (Å²) in [6.07, 6.45) is 5.27. The molecule has 0 amide bonds. The summed E-state index contributed by atoms with van der Waals surface area (Å²) in [5, 5.41) is 9.45. The maximum atomic E-state index is 9.45. The minimum absolute atomic E-state index is 0.180. The van der Waals surface area contributed by atoms with Crippen LogP contribution in [0.1, 0.15) is 47.0 Å². The van der Waals surface area contributed by atoms with Crippen LogP contribution in [0.15, 0.2) is 22.8 Å².